The predicted octanol–water partition coefficient (Wildman–Crippen LogP) is 3.34. The fourth-order valence-electron chi connectivity index (χ4n) is 2.44. The summed E-state index contributed by atoms with van der Waals surface area (Å²) in [5, 5.41) is 3.12. The first-order valence-corrected chi connectivity index (χ1v) is 8.10. The van der Waals surface area contributed by atoms with Gasteiger partial charge >= 0.3 is 0 Å². The van der Waals surface area contributed by atoms with Gasteiger partial charge in [-0.1, -0.05) is 6.07 Å². The van der Waals surface area contributed by atoms with Gasteiger partial charge in [0.2, 0.25) is 5.91 Å². The van der Waals surface area contributed by atoms with Gasteiger partial charge in [0, 0.05) is 16.3 Å². The molecule has 1 amide bonds. The van der Waals surface area contributed by atoms with Crippen molar-refractivity contribution in [1.29, 1.82) is 0 Å². The lowest BCUT2D eigenvalue weighted by molar-refractivity contribution is -0.138. The van der Waals surface area contributed by atoms with E-state index in [0.29, 0.717) is 12.5 Å². The summed E-state index contributed by atoms with van der Waals surface area (Å²) in [6.07, 6.45) is 1.59. The Balaban J connectivity index is 1.70. The lowest BCUT2D eigenvalue weighted by Crippen LogP contribution is -2.45. The predicted molar refractivity (Wildman–Crippen MR) is 78.7 cm³/mol. The van der Waals surface area contributed by atoms with Crippen LogP contribution in [0, 0.1) is 13.8 Å². The van der Waals surface area contributed by atoms with Gasteiger partial charge in [0.25, 0.3) is 0 Å². The Morgan fingerprint density at radius 2 is 2.37 bits per heavy atom. The van der Waals surface area contributed by atoms with E-state index in [1.165, 1.54) is 4.88 Å². The van der Waals surface area contributed by atoms with E-state index in [9.17, 15) is 4.79 Å². The van der Waals surface area contributed by atoms with Crippen LogP contribution in [0.25, 0.3) is 0 Å². The molecule has 3 rings (SSSR count). The number of amides is 1. The number of hydrogen-bond acceptors (Lipinski definition) is 4. The molecule has 0 spiro atoms. The normalized spacial score (nSPS) is 18.4. The maximum absolute atomic E-state index is 12.4. The topological polar surface area (TPSA) is 33.2 Å². The zero-order chi connectivity index (χ0) is 13.4. The SMILES string of the molecule is Cc1nc(C)c(CC(=O)N2CCC2c2cccs2)s1. The van der Waals surface area contributed by atoms with Gasteiger partial charge in [0.1, 0.15) is 0 Å². The van der Waals surface area contributed by atoms with Crippen molar-refractivity contribution in [3.05, 3.63) is 38.0 Å². The number of rotatable bonds is 3. The Hall–Kier alpha value is -1.20. The van der Waals surface area contributed by atoms with Crippen LogP contribution in [0.4, 0.5) is 0 Å². The summed E-state index contributed by atoms with van der Waals surface area (Å²) in [7, 11) is 0. The summed E-state index contributed by atoms with van der Waals surface area (Å²) in [5.74, 6) is 0.233. The van der Waals surface area contributed by atoms with Crippen molar-refractivity contribution in [1.82, 2.24) is 9.88 Å². The third-order valence-corrected chi connectivity index (χ3v) is 5.57. The molecule has 100 valence electrons. The van der Waals surface area contributed by atoms with Crippen LogP contribution in [0.5, 0.6) is 0 Å². The number of likely N-dealkylation sites (tertiary alicyclic amines) is 1. The van der Waals surface area contributed by atoms with Crippen molar-refractivity contribution in [3.8, 4) is 0 Å². The number of thiazole rings is 1. The van der Waals surface area contributed by atoms with Gasteiger partial charge in [-0.15, -0.1) is 22.7 Å². The van der Waals surface area contributed by atoms with Crippen molar-refractivity contribution in [3.63, 3.8) is 0 Å². The van der Waals surface area contributed by atoms with Crippen LogP contribution >= 0.6 is 22.7 Å². The van der Waals surface area contributed by atoms with E-state index in [1.54, 1.807) is 22.7 Å². The van der Waals surface area contributed by atoms with E-state index >= 15 is 0 Å². The summed E-state index contributed by atoms with van der Waals surface area (Å²) in [6.45, 7) is 4.86. The van der Waals surface area contributed by atoms with E-state index in [4.69, 9.17) is 0 Å². The molecule has 1 saturated heterocycles. The van der Waals surface area contributed by atoms with Crippen molar-refractivity contribution in [2.24, 2.45) is 0 Å². The molecule has 0 N–H and O–H groups in total. The minimum atomic E-state index is 0.233. The number of carbonyl (C=O) groups is 1. The van der Waals surface area contributed by atoms with E-state index in [0.717, 1.165) is 28.5 Å². The molecule has 0 saturated carbocycles. The third kappa shape index (κ3) is 2.44. The molecule has 1 unspecified atom stereocenters. The number of aryl methyl sites for hydroxylation is 2. The van der Waals surface area contributed by atoms with Crippen LogP contribution in [-0.2, 0) is 11.2 Å². The molecule has 0 bridgehead atoms. The second kappa shape index (κ2) is 5.06. The van der Waals surface area contributed by atoms with Gasteiger partial charge in [-0.2, -0.15) is 0 Å². The van der Waals surface area contributed by atoms with Gasteiger partial charge in [0.15, 0.2) is 0 Å². The zero-order valence-corrected chi connectivity index (χ0v) is 12.7. The molecule has 1 fully saturated rings. The van der Waals surface area contributed by atoms with Crippen molar-refractivity contribution in [2.45, 2.75) is 32.7 Å². The van der Waals surface area contributed by atoms with E-state index in [2.05, 4.69) is 22.5 Å². The molecule has 19 heavy (non-hydrogen) atoms. The number of hydrogen-bond donors (Lipinski definition) is 0. The highest BCUT2D eigenvalue weighted by molar-refractivity contribution is 7.11. The lowest BCUT2D eigenvalue weighted by atomic mass is 10.0. The first-order chi connectivity index (χ1) is 9.15. The molecular formula is C14H16N2OS2. The second-order valence-electron chi connectivity index (χ2n) is 4.83. The maximum Gasteiger partial charge on any atom is 0.228 e. The summed E-state index contributed by atoms with van der Waals surface area (Å²) in [5.41, 5.74) is 1.00. The van der Waals surface area contributed by atoms with Gasteiger partial charge < -0.3 is 4.90 Å². The lowest BCUT2D eigenvalue weighted by Gasteiger charge is -2.40. The molecule has 2 aromatic rings. The van der Waals surface area contributed by atoms with E-state index in [-0.39, 0.29) is 5.91 Å². The van der Waals surface area contributed by atoms with Crippen molar-refractivity contribution in [2.75, 3.05) is 6.54 Å². The first kappa shape index (κ1) is 12.8. The number of aromatic nitrogens is 1. The van der Waals surface area contributed by atoms with Crippen LogP contribution in [0.2, 0.25) is 0 Å². The number of nitrogens with zero attached hydrogens (tertiary/aromatic N) is 2. The highest BCUT2D eigenvalue weighted by Crippen LogP contribution is 2.36. The maximum atomic E-state index is 12.4. The highest BCUT2D eigenvalue weighted by atomic mass is 32.1. The minimum absolute atomic E-state index is 0.233. The standard InChI is InChI=1S/C14H16N2OS2/c1-9-13(19-10(2)15-9)8-14(17)16-6-5-11(16)12-4-3-7-18-12/h3-4,7,11H,5-6,8H2,1-2H3. The molecule has 1 aliphatic rings. The van der Waals surface area contributed by atoms with Crippen LogP contribution < -0.4 is 0 Å². The average molecular weight is 292 g/mol. The van der Waals surface area contributed by atoms with Crippen molar-refractivity contribution >= 4 is 28.6 Å². The first-order valence-electron chi connectivity index (χ1n) is 6.41. The highest BCUT2D eigenvalue weighted by Gasteiger charge is 2.34. The molecule has 0 radical (unpaired) electrons. The Kier molecular flexibility index (Phi) is 3.41. The quantitative estimate of drug-likeness (QED) is 0.869. The largest absolute Gasteiger partial charge is 0.334 e. The van der Waals surface area contributed by atoms with Gasteiger partial charge in [-0.05, 0) is 31.7 Å². The molecule has 3 heterocycles. The Labute approximate surface area is 120 Å². The van der Waals surface area contributed by atoms with Crippen LogP contribution in [0.3, 0.4) is 0 Å². The zero-order valence-electron chi connectivity index (χ0n) is 11.0. The fourth-order valence-corrected chi connectivity index (χ4v) is 4.24. The van der Waals surface area contributed by atoms with Gasteiger partial charge in [-0.25, -0.2) is 4.98 Å². The molecule has 3 nitrogen and oxygen atoms in total. The molecule has 1 atom stereocenters. The van der Waals surface area contributed by atoms with Gasteiger partial charge in [0.05, 0.1) is 23.2 Å². The fraction of sp³-hybridized carbons (Fsp3) is 0.429. The third-order valence-electron chi connectivity index (χ3n) is 3.52. The number of thiophene rings is 1. The van der Waals surface area contributed by atoms with Crippen LogP contribution in [0.15, 0.2) is 17.5 Å². The smallest absolute Gasteiger partial charge is 0.228 e. The van der Waals surface area contributed by atoms with Crippen LogP contribution in [0.1, 0.15) is 32.9 Å². The summed E-state index contributed by atoms with van der Waals surface area (Å²) in [4.78, 5) is 21.2. The molecule has 0 aromatic carbocycles. The summed E-state index contributed by atoms with van der Waals surface area (Å²) >= 11 is 3.38. The Morgan fingerprint density at radius 3 is 2.89 bits per heavy atom. The van der Waals surface area contributed by atoms with E-state index in [1.807, 2.05) is 18.7 Å². The Bertz CT molecular complexity index is 589. The monoisotopic (exact) mass is 292 g/mol. The van der Waals surface area contributed by atoms with E-state index < -0.39 is 0 Å². The summed E-state index contributed by atoms with van der Waals surface area (Å²) in [6, 6.07) is 4.48. The van der Waals surface area contributed by atoms with Crippen LogP contribution in [-0.4, -0.2) is 22.3 Å². The number of carbonyl (C=O) groups excluding carboxylic acids is 1. The van der Waals surface area contributed by atoms with Gasteiger partial charge in [-0.3, -0.25) is 4.79 Å². The Morgan fingerprint density at radius 1 is 1.53 bits per heavy atom. The average Bonchev–Trinajstić information content (AvgIpc) is 2.88. The molecule has 5 heteroatoms. The second-order valence-corrected chi connectivity index (χ2v) is 7.09. The summed E-state index contributed by atoms with van der Waals surface area (Å²) < 4.78 is 0. The molecular weight excluding hydrogens is 276 g/mol. The van der Waals surface area contributed by atoms with Crippen molar-refractivity contribution < 1.29 is 4.79 Å². The molecule has 1 aliphatic heterocycles. The minimum Gasteiger partial charge on any atom is -0.334 e. The molecule has 0 aliphatic carbocycles. The molecule has 2 aromatic heterocycles.